The predicted molar refractivity (Wildman–Crippen MR) is 56.9 cm³/mol. The number of hydrogen-bond acceptors (Lipinski definition) is 1. The maximum Gasteiger partial charge on any atom is 0.160 e. The average Bonchev–Trinajstić information content (AvgIpc) is 2.00. The van der Waals surface area contributed by atoms with Crippen LogP contribution >= 0.6 is 43.5 Å². The summed E-state index contributed by atoms with van der Waals surface area (Å²) in [6.07, 6.45) is 0. The number of benzene rings is 1. The molecule has 0 aliphatic rings. The van der Waals surface area contributed by atoms with Crippen molar-refractivity contribution in [2.45, 2.75) is 6.92 Å². The fourth-order valence-electron chi connectivity index (χ4n) is 0.798. The van der Waals surface area contributed by atoms with Gasteiger partial charge in [-0.15, -0.1) is 0 Å². The molecule has 0 aromatic heterocycles. The molecule has 64 valence electrons. The second-order valence-corrected chi connectivity index (χ2v) is 4.30. The summed E-state index contributed by atoms with van der Waals surface area (Å²) in [5, 5.41) is 0.530. The molecule has 0 heterocycles. The Bertz CT molecular complexity index is 336. The Kier molecular flexibility index (Phi) is 3.32. The topological polar surface area (TPSA) is 17.1 Å². The summed E-state index contributed by atoms with van der Waals surface area (Å²) in [4.78, 5) is 11.0. The summed E-state index contributed by atoms with van der Waals surface area (Å²) in [5.41, 5.74) is 0.600. The van der Waals surface area contributed by atoms with E-state index in [1.807, 2.05) is 0 Å². The standard InChI is InChI=1S/C8H5Br2ClO/c1-4(12)5-2-3-6(9)8(11)7(5)10/h2-3H,1H3. The monoisotopic (exact) mass is 310 g/mol. The van der Waals surface area contributed by atoms with Crippen LogP contribution in [0.2, 0.25) is 5.02 Å². The molecule has 12 heavy (non-hydrogen) atoms. The number of carbonyl (C=O) groups excluding carboxylic acids is 1. The van der Waals surface area contributed by atoms with Crippen LogP contribution in [0, 0.1) is 0 Å². The lowest BCUT2D eigenvalue weighted by Gasteiger charge is -2.03. The molecule has 0 spiro atoms. The molecule has 1 rings (SSSR count). The third-order valence-electron chi connectivity index (χ3n) is 1.41. The highest BCUT2D eigenvalue weighted by Gasteiger charge is 2.10. The first kappa shape index (κ1) is 10.2. The largest absolute Gasteiger partial charge is 0.294 e. The van der Waals surface area contributed by atoms with Crippen LogP contribution in [-0.2, 0) is 0 Å². The van der Waals surface area contributed by atoms with Gasteiger partial charge in [-0.2, -0.15) is 0 Å². The van der Waals surface area contributed by atoms with Crippen molar-refractivity contribution in [2.24, 2.45) is 0 Å². The number of carbonyl (C=O) groups is 1. The van der Waals surface area contributed by atoms with Gasteiger partial charge in [-0.3, -0.25) is 4.79 Å². The predicted octanol–water partition coefficient (Wildman–Crippen LogP) is 4.07. The molecule has 0 atom stereocenters. The van der Waals surface area contributed by atoms with Crippen molar-refractivity contribution in [1.29, 1.82) is 0 Å². The Balaban J connectivity index is 3.36. The van der Waals surface area contributed by atoms with Gasteiger partial charge >= 0.3 is 0 Å². The van der Waals surface area contributed by atoms with Gasteiger partial charge in [-0.25, -0.2) is 0 Å². The minimum atomic E-state index is -0.00345. The molecular weight excluding hydrogens is 307 g/mol. The normalized spacial score (nSPS) is 10.0. The Morgan fingerprint density at radius 1 is 1.42 bits per heavy atom. The van der Waals surface area contributed by atoms with Crippen molar-refractivity contribution >= 4 is 49.2 Å². The van der Waals surface area contributed by atoms with Crippen LogP contribution in [0.1, 0.15) is 17.3 Å². The first-order valence-electron chi connectivity index (χ1n) is 3.18. The van der Waals surface area contributed by atoms with E-state index in [1.54, 1.807) is 12.1 Å². The molecule has 1 nitrogen and oxygen atoms in total. The summed E-state index contributed by atoms with van der Waals surface area (Å²) >= 11 is 12.4. The average molecular weight is 312 g/mol. The second-order valence-electron chi connectivity index (χ2n) is 2.28. The first-order valence-corrected chi connectivity index (χ1v) is 5.15. The van der Waals surface area contributed by atoms with Crippen LogP contribution in [-0.4, -0.2) is 5.78 Å². The maximum atomic E-state index is 11.0. The van der Waals surface area contributed by atoms with E-state index >= 15 is 0 Å². The van der Waals surface area contributed by atoms with Crippen LogP contribution in [0.25, 0.3) is 0 Å². The van der Waals surface area contributed by atoms with Gasteiger partial charge < -0.3 is 0 Å². The molecule has 0 radical (unpaired) electrons. The summed E-state index contributed by atoms with van der Waals surface area (Å²) in [6, 6.07) is 3.48. The van der Waals surface area contributed by atoms with Crippen LogP contribution in [0.4, 0.5) is 0 Å². The fraction of sp³-hybridized carbons (Fsp3) is 0.125. The van der Waals surface area contributed by atoms with Gasteiger partial charge in [0.25, 0.3) is 0 Å². The molecule has 0 aliphatic carbocycles. The van der Waals surface area contributed by atoms with Crippen molar-refractivity contribution in [3.05, 3.63) is 31.7 Å². The highest BCUT2D eigenvalue weighted by Crippen LogP contribution is 2.33. The third-order valence-corrected chi connectivity index (χ3v) is 3.75. The summed E-state index contributed by atoms with van der Waals surface area (Å²) in [7, 11) is 0. The Hall–Kier alpha value is 0.140. The van der Waals surface area contributed by atoms with Crippen molar-refractivity contribution in [1.82, 2.24) is 0 Å². The van der Waals surface area contributed by atoms with Gasteiger partial charge in [-0.05, 0) is 50.9 Å². The fourth-order valence-corrected chi connectivity index (χ4v) is 2.18. The molecule has 1 aromatic rings. The molecule has 0 saturated carbocycles. The molecule has 0 N–H and O–H groups in total. The maximum absolute atomic E-state index is 11.0. The molecule has 1 aromatic carbocycles. The van der Waals surface area contributed by atoms with Gasteiger partial charge in [-0.1, -0.05) is 11.6 Å². The smallest absolute Gasteiger partial charge is 0.160 e. The molecule has 0 saturated heterocycles. The number of halogens is 3. The van der Waals surface area contributed by atoms with Crippen molar-refractivity contribution in [3.8, 4) is 0 Å². The minimum absolute atomic E-state index is 0.00345. The Morgan fingerprint density at radius 3 is 2.50 bits per heavy atom. The van der Waals surface area contributed by atoms with Gasteiger partial charge in [0, 0.05) is 14.5 Å². The Labute approximate surface area is 92.4 Å². The van der Waals surface area contributed by atoms with E-state index in [4.69, 9.17) is 11.6 Å². The highest BCUT2D eigenvalue weighted by molar-refractivity contribution is 9.11. The zero-order valence-electron chi connectivity index (χ0n) is 6.20. The van der Waals surface area contributed by atoms with E-state index in [1.165, 1.54) is 6.92 Å². The molecule has 4 heteroatoms. The SMILES string of the molecule is CC(=O)c1ccc(Br)c(Cl)c1Br. The van der Waals surface area contributed by atoms with Gasteiger partial charge in [0.1, 0.15) is 0 Å². The lowest BCUT2D eigenvalue weighted by molar-refractivity contribution is 0.101. The summed E-state index contributed by atoms with van der Waals surface area (Å²) in [5.74, 6) is -0.00345. The number of ketones is 1. The highest BCUT2D eigenvalue weighted by atomic mass is 79.9. The number of hydrogen-bond donors (Lipinski definition) is 0. The van der Waals surface area contributed by atoms with E-state index in [0.717, 1.165) is 4.47 Å². The van der Waals surface area contributed by atoms with Gasteiger partial charge in [0.15, 0.2) is 5.78 Å². The molecule has 0 unspecified atom stereocenters. The zero-order valence-corrected chi connectivity index (χ0v) is 10.1. The quantitative estimate of drug-likeness (QED) is 0.564. The Morgan fingerprint density at radius 2 is 2.00 bits per heavy atom. The lowest BCUT2D eigenvalue weighted by Crippen LogP contribution is -1.93. The first-order chi connectivity index (χ1) is 5.54. The van der Waals surface area contributed by atoms with Crippen LogP contribution in [0.5, 0.6) is 0 Å². The number of Topliss-reactive ketones (excluding diaryl/α,β-unsaturated/α-hetero) is 1. The van der Waals surface area contributed by atoms with Gasteiger partial charge in [0.05, 0.1) is 5.02 Å². The molecule has 0 amide bonds. The lowest BCUT2D eigenvalue weighted by atomic mass is 10.1. The molecule has 0 aliphatic heterocycles. The van der Waals surface area contributed by atoms with E-state index in [9.17, 15) is 4.79 Å². The summed E-state index contributed by atoms with van der Waals surface area (Å²) in [6.45, 7) is 1.50. The van der Waals surface area contributed by atoms with Crippen molar-refractivity contribution in [2.75, 3.05) is 0 Å². The van der Waals surface area contributed by atoms with Crippen molar-refractivity contribution in [3.63, 3.8) is 0 Å². The minimum Gasteiger partial charge on any atom is -0.294 e. The van der Waals surface area contributed by atoms with Crippen LogP contribution < -0.4 is 0 Å². The second kappa shape index (κ2) is 3.90. The van der Waals surface area contributed by atoms with E-state index in [2.05, 4.69) is 31.9 Å². The van der Waals surface area contributed by atoms with Crippen molar-refractivity contribution < 1.29 is 4.79 Å². The van der Waals surface area contributed by atoms with Crippen LogP contribution in [0.15, 0.2) is 21.1 Å². The third kappa shape index (κ3) is 1.90. The number of rotatable bonds is 1. The molecular formula is C8H5Br2ClO. The zero-order chi connectivity index (χ0) is 9.30. The summed E-state index contributed by atoms with van der Waals surface area (Å²) < 4.78 is 1.42. The van der Waals surface area contributed by atoms with Crippen LogP contribution in [0.3, 0.4) is 0 Å². The molecule has 0 fully saturated rings. The van der Waals surface area contributed by atoms with Gasteiger partial charge in [0.2, 0.25) is 0 Å². The molecule has 0 bridgehead atoms. The van der Waals surface area contributed by atoms with E-state index in [-0.39, 0.29) is 5.78 Å². The van der Waals surface area contributed by atoms with E-state index in [0.29, 0.717) is 15.1 Å². The van der Waals surface area contributed by atoms with E-state index < -0.39 is 0 Å².